The van der Waals surface area contributed by atoms with Crippen LogP contribution < -0.4 is 0 Å². The molecule has 0 spiro atoms. The third-order valence-corrected chi connectivity index (χ3v) is 2.74. The largest absolute Gasteiger partial charge is 0.455 e. The first-order valence-corrected chi connectivity index (χ1v) is 9.09. The van der Waals surface area contributed by atoms with Gasteiger partial charge >= 0.3 is 0 Å². The van der Waals surface area contributed by atoms with Crippen LogP contribution in [0.4, 0.5) is 0 Å². The van der Waals surface area contributed by atoms with E-state index < -0.39 is 8.32 Å². The van der Waals surface area contributed by atoms with Gasteiger partial charge in [-0.2, -0.15) is 5.26 Å². The van der Waals surface area contributed by atoms with Crippen molar-refractivity contribution in [3.63, 3.8) is 0 Å². The van der Waals surface area contributed by atoms with Crippen molar-refractivity contribution in [3.8, 4) is 6.07 Å². The predicted octanol–water partition coefficient (Wildman–Crippen LogP) is 3.81. The highest BCUT2D eigenvalue weighted by atomic mass is 35.5. The van der Waals surface area contributed by atoms with Crippen LogP contribution in [-0.2, 0) is 4.53 Å². The van der Waals surface area contributed by atoms with Crippen LogP contribution in [0.1, 0.15) is 12.0 Å². The molecule has 1 aromatic carbocycles. The molecule has 0 amide bonds. The van der Waals surface area contributed by atoms with Crippen molar-refractivity contribution in [3.05, 3.63) is 34.9 Å². The van der Waals surface area contributed by atoms with E-state index in [1.165, 1.54) is 0 Å². The van der Waals surface area contributed by atoms with Crippen LogP contribution in [0.25, 0.3) is 0 Å². The second-order valence-corrected chi connectivity index (χ2v) is 9.43. The van der Waals surface area contributed by atoms with Crippen LogP contribution in [-0.4, -0.2) is 14.0 Å². The first-order chi connectivity index (χ1) is 7.92. The van der Waals surface area contributed by atoms with Crippen molar-refractivity contribution in [2.45, 2.75) is 26.1 Å². The number of nitrogens with zero attached hydrogens (tertiary/aromatic N) is 2. The van der Waals surface area contributed by atoms with Crippen LogP contribution in [0, 0.1) is 11.3 Å². The second kappa shape index (κ2) is 5.85. The van der Waals surface area contributed by atoms with Gasteiger partial charge in [-0.05, 0) is 31.8 Å². The van der Waals surface area contributed by atoms with E-state index in [1.54, 1.807) is 12.1 Å². The van der Waals surface area contributed by atoms with Crippen molar-refractivity contribution in [2.75, 3.05) is 0 Å². The van der Waals surface area contributed by atoms with Gasteiger partial charge in [0.25, 0.3) is 8.32 Å². The zero-order valence-corrected chi connectivity index (χ0v) is 12.0. The summed E-state index contributed by atoms with van der Waals surface area (Å²) >= 11 is 5.81. The van der Waals surface area contributed by atoms with E-state index in [0.29, 0.717) is 10.7 Å². The average molecular weight is 267 g/mol. The first-order valence-electron chi connectivity index (χ1n) is 5.30. The van der Waals surface area contributed by atoms with Crippen molar-refractivity contribution in [2.24, 2.45) is 5.16 Å². The Morgan fingerprint density at radius 2 is 1.94 bits per heavy atom. The maximum absolute atomic E-state index is 8.78. The summed E-state index contributed by atoms with van der Waals surface area (Å²) in [5.41, 5.74) is 1.51. The molecular weight excluding hydrogens is 252 g/mol. The molecule has 3 nitrogen and oxygen atoms in total. The van der Waals surface area contributed by atoms with Crippen LogP contribution in [0.5, 0.6) is 0 Å². The minimum Gasteiger partial charge on any atom is -0.455 e. The predicted molar refractivity (Wildman–Crippen MR) is 72.7 cm³/mol. The molecule has 0 fully saturated rings. The molecule has 0 aliphatic heterocycles. The zero-order valence-electron chi connectivity index (χ0n) is 10.2. The zero-order chi connectivity index (χ0) is 12.9. The number of halogens is 1. The van der Waals surface area contributed by atoms with Gasteiger partial charge in [-0.25, -0.2) is 0 Å². The molecule has 5 heteroatoms. The maximum Gasteiger partial charge on any atom is 0.278 e. The summed E-state index contributed by atoms with van der Waals surface area (Å²) in [5.74, 6) is 0. The smallest absolute Gasteiger partial charge is 0.278 e. The third-order valence-electron chi connectivity index (χ3n) is 1.85. The van der Waals surface area contributed by atoms with Crippen LogP contribution >= 0.6 is 11.6 Å². The molecule has 90 valence electrons. The molecule has 0 aliphatic carbocycles. The highest BCUT2D eigenvalue weighted by Gasteiger charge is 2.16. The maximum atomic E-state index is 8.78. The van der Waals surface area contributed by atoms with Gasteiger partial charge in [-0.3, -0.25) is 0 Å². The summed E-state index contributed by atoms with van der Waals surface area (Å²) in [4.78, 5) is 0. The number of oxime groups is 1. The van der Waals surface area contributed by atoms with Crippen molar-refractivity contribution < 1.29 is 4.53 Å². The number of nitriles is 1. The summed E-state index contributed by atoms with van der Waals surface area (Å²) in [6, 6.07) is 9.32. The molecule has 17 heavy (non-hydrogen) atoms. The van der Waals surface area contributed by atoms with Gasteiger partial charge in [-0.1, -0.05) is 23.7 Å². The number of hydrogen-bond acceptors (Lipinski definition) is 3. The first kappa shape index (κ1) is 13.8. The Balaban J connectivity index is 2.93. The van der Waals surface area contributed by atoms with E-state index >= 15 is 0 Å². The molecule has 0 aliphatic rings. The lowest BCUT2D eigenvalue weighted by Gasteiger charge is -2.14. The Kier molecular flexibility index (Phi) is 4.73. The van der Waals surface area contributed by atoms with E-state index in [-0.39, 0.29) is 6.42 Å². The molecule has 0 atom stereocenters. The minimum atomic E-state index is -1.72. The fraction of sp³-hybridized carbons (Fsp3) is 0.333. The lowest BCUT2D eigenvalue weighted by atomic mass is 10.1. The quantitative estimate of drug-likeness (QED) is 0.473. The van der Waals surface area contributed by atoms with Gasteiger partial charge in [0, 0.05) is 10.6 Å². The van der Waals surface area contributed by atoms with Crippen LogP contribution in [0.2, 0.25) is 24.7 Å². The number of benzene rings is 1. The molecule has 0 heterocycles. The normalized spacial score (nSPS) is 12.1. The molecule has 0 bridgehead atoms. The van der Waals surface area contributed by atoms with Gasteiger partial charge in [0.1, 0.15) is 0 Å². The Bertz CT molecular complexity index is 443. The van der Waals surface area contributed by atoms with Gasteiger partial charge in [0.2, 0.25) is 0 Å². The summed E-state index contributed by atoms with van der Waals surface area (Å²) < 4.78 is 5.47. The highest BCUT2D eigenvalue weighted by Crippen LogP contribution is 2.13. The highest BCUT2D eigenvalue weighted by molar-refractivity contribution is 6.69. The Morgan fingerprint density at radius 1 is 1.35 bits per heavy atom. The van der Waals surface area contributed by atoms with Gasteiger partial charge in [-0.15, -0.1) is 5.16 Å². The van der Waals surface area contributed by atoms with Crippen LogP contribution in [0.15, 0.2) is 29.4 Å². The third kappa shape index (κ3) is 5.03. The van der Waals surface area contributed by atoms with Gasteiger partial charge in [0.15, 0.2) is 0 Å². The van der Waals surface area contributed by atoms with E-state index in [4.69, 9.17) is 21.4 Å². The molecule has 0 aromatic heterocycles. The summed E-state index contributed by atoms with van der Waals surface area (Å²) in [6.07, 6.45) is 0.228. The lowest BCUT2D eigenvalue weighted by molar-refractivity contribution is 0.335. The molecule has 0 saturated carbocycles. The van der Waals surface area contributed by atoms with Crippen molar-refractivity contribution >= 4 is 25.6 Å². The lowest BCUT2D eigenvalue weighted by Crippen LogP contribution is -2.23. The molecule has 1 aromatic rings. The standard InChI is InChI=1S/C12H15ClN2OSi/c1-17(2,3)16-15-12(8-9-14)10-4-6-11(13)7-5-10/h4-7H,8H2,1-3H3/b15-12+. The molecular formula is C12H15ClN2OSi. The van der Waals surface area contributed by atoms with E-state index in [0.717, 1.165) is 5.56 Å². The molecule has 0 unspecified atom stereocenters. The number of rotatable bonds is 4. The monoisotopic (exact) mass is 266 g/mol. The van der Waals surface area contributed by atoms with Gasteiger partial charge < -0.3 is 4.53 Å². The molecule has 0 radical (unpaired) electrons. The fourth-order valence-corrected chi connectivity index (χ4v) is 1.61. The van der Waals surface area contributed by atoms with Gasteiger partial charge in [0.05, 0.1) is 18.2 Å². The Morgan fingerprint density at radius 3 is 2.41 bits per heavy atom. The van der Waals surface area contributed by atoms with E-state index in [2.05, 4.69) is 11.2 Å². The van der Waals surface area contributed by atoms with E-state index in [1.807, 2.05) is 31.8 Å². The van der Waals surface area contributed by atoms with Crippen molar-refractivity contribution in [1.29, 1.82) is 5.26 Å². The second-order valence-electron chi connectivity index (χ2n) is 4.58. The average Bonchev–Trinajstić information content (AvgIpc) is 2.24. The SMILES string of the molecule is C[Si](C)(C)O/N=C(\CC#N)c1ccc(Cl)cc1. The Hall–Kier alpha value is -1.31. The fourth-order valence-electron chi connectivity index (χ4n) is 1.10. The molecule has 0 N–H and O–H groups in total. The number of hydrogen-bond donors (Lipinski definition) is 0. The molecule has 1 rings (SSSR count). The topological polar surface area (TPSA) is 45.4 Å². The minimum absolute atomic E-state index is 0.228. The summed E-state index contributed by atoms with van der Waals surface area (Å²) in [7, 11) is -1.72. The molecule has 0 saturated heterocycles. The summed E-state index contributed by atoms with van der Waals surface area (Å²) in [6.45, 7) is 6.13. The van der Waals surface area contributed by atoms with Crippen molar-refractivity contribution in [1.82, 2.24) is 0 Å². The van der Waals surface area contributed by atoms with Crippen LogP contribution in [0.3, 0.4) is 0 Å². The van der Waals surface area contributed by atoms with E-state index in [9.17, 15) is 0 Å². The Labute approximate surface area is 108 Å². The summed E-state index contributed by atoms with van der Waals surface area (Å²) in [5, 5.41) is 13.5.